The Labute approximate surface area is 120 Å². The molecule has 1 spiro atoms. The van der Waals surface area contributed by atoms with Crippen LogP contribution in [0.5, 0.6) is 0 Å². The summed E-state index contributed by atoms with van der Waals surface area (Å²) in [4.78, 5) is 12.0. The summed E-state index contributed by atoms with van der Waals surface area (Å²) in [6.07, 6.45) is 2.58. The van der Waals surface area contributed by atoms with Crippen molar-refractivity contribution in [1.82, 2.24) is 10.2 Å². The zero-order valence-electron chi connectivity index (χ0n) is 12.0. The molecule has 1 unspecified atom stereocenters. The van der Waals surface area contributed by atoms with Crippen LogP contribution in [-0.2, 0) is 11.1 Å². The van der Waals surface area contributed by atoms with Gasteiger partial charge in [-0.15, -0.1) is 0 Å². The quantitative estimate of drug-likeness (QED) is 0.827. The summed E-state index contributed by atoms with van der Waals surface area (Å²) in [6.45, 7) is 7.04. The molecule has 0 amide bonds. The van der Waals surface area contributed by atoms with E-state index in [0.717, 1.165) is 19.6 Å². The maximum atomic E-state index is 11.6. The van der Waals surface area contributed by atoms with Gasteiger partial charge in [-0.25, -0.2) is 0 Å². The van der Waals surface area contributed by atoms with E-state index in [2.05, 4.69) is 10.2 Å². The molecule has 4 nitrogen and oxygen atoms in total. The van der Waals surface area contributed by atoms with Crippen molar-refractivity contribution < 1.29 is 9.46 Å². The van der Waals surface area contributed by atoms with Crippen LogP contribution in [0.4, 0.5) is 0 Å². The molecule has 0 radical (unpaired) electrons. The third-order valence-electron chi connectivity index (χ3n) is 4.74. The molecule has 3 rings (SSSR count). The van der Waals surface area contributed by atoms with Crippen LogP contribution in [0.1, 0.15) is 18.4 Å². The lowest BCUT2D eigenvalue weighted by atomic mass is 9.73. The number of hydrogen-bond acceptors (Lipinski definition) is 3. The number of nitrogens with one attached hydrogen (secondary N) is 1. The van der Waals surface area contributed by atoms with Gasteiger partial charge in [-0.05, 0) is 49.0 Å². The van der Waals surface area contributed by atoms with Crippen LogP contribution in [-0.4, -0.2) is 42.6 Å². The SMILES string of the molecule is CP(=O)(O)c1ccc(CN2CCC3(CC2)CNC3)cc1. The molecule has 110 valence electrons. The second-order valence-electron chi connectivity index (χ2n) is 6.43. The predicted molar refractivity (Wildman–Crippen MR) is 81.6 cm³/mol. The fourth-order valence-electron chi connectivity index (χ4n) is 3.15. The molecule has 1 aromatic rings. The van der Waals surface area contributed by atoms with Crippen LogP contribution in [0.3, 0.4) is 0 Å². The lowest BCUT2D eigenvalue weighted by Crippen LogP contribution is -2.58. The van der Waals surface area contributed by atoms with E-state index in [9.17, 15) is 9.46 Å². The number of nitrogens with zero attached hydrogens (tertiary/aromatic N) is 1. The Bertz CT molecular complexity index is 509. The average molecular weight is 294 g/mol. The number of benzene rings is 1. The van der Waals surface area contributed by atoms with Crippen molar-refractivity contribution in [2.45, 2.75) is 19.4 Å². The molecule has 2 aliphatic heterocycles. The summed E-state index contributed by atoms with van der Waals surface area (Å²) in [5.41, 5.74) is 1.82. The van der Waals surface area contributed by atoms with Gasteiger partial charge in [-0.3, -0.25) is 9.46 Å². The first-order chi connectivity index (χ1) is 9.47. The summed E-state index contributed by atoms with van der Waals surface area (Å²) in [5, 5.41) is 3.93. The van der Waals surface area contributed by atoms with Crippen molar-refractivity contribution in [2.75, 3.05) is 32.8 Å². The van der Waals surface area contributed by atoms with Gasteiger partial charge in [-0.2, -0.15) is 0 Å². The molecule has 1 atom stereocenters. The van der Waals surface area contributed by atoms with E-state index >= 15 is 0 Å². The third kappa shape index (κ3) is 2.99. The Morgan fingerprint density at radius 1 is 1.25 bits per heavy atom. The maximum Gasteiger partial charge on any atom is 0.226 e. The Morgan fingerprint density at radius 2 is 1.85 bits per heavy atom. The molecule has 5 heteroatoms. The van der Waals surface area contributed by atoms with Crippen molar-refractivity contribution in [3.8, 4) is 0 Å². The molecule has 2 fully saturated rings. The molecule has 0 aliphatic carbocycles. The van der Waals surface area contributed by atoms with Gasteiger partial charge in [0.2, 0.25) is 7.37 Å². The maximum absolute atomic E-state index is 11.6. The van der Waals surface area contributed by atoms with Crippen molar-refractivity contribution in [1.29, 1.82) is 0 Å². The normalized spacial score (nSPS) is 25.1. The van der Waals surface area contributed by atoms with Crippen LogP contribution in [0.2, 0.25) is 0 Å². The molecule has 2 N–H and O–H groups in total. The van der Waals surface area contributed by atoms with E-state index < -0.39 is 7.37 Å². The zero-order chi connectivity index (χ0) is 14.2. The fourth-order valence-corrected chi connectivity index (χ4v) is 3.86. The van der Waals surface area contributed by atoms with Crippen LogP contribution < -0.4 is 10.6 Å². The van der Waals surface area contributed by atoms with E-state index in [1.54, 1.807) is 12.1 Å². The van der Waals surface area contributed by atoms with Crippen molar-refractivity contribution in [2.24, 2.45) is 5.41 Å². The van der Waals surface area contributed by atoms with Gasteiger partial charge >= 0.3 is 0 Å². The van der Waals surface area contributed by atoms with Gasteiger partial charge < -0.3 is 10.2 Å². The first-order valence-corrected chi connectivity index (χ1v) is 9.41. The van der Waals surface area contributed by atoms with Gasteiger partial charge in [0, 0.05) is 31.6 Å². The standard InChI is InChI=1S/C15H23N2O2P/c1-20(18,19)14-4-2-13(3-5-14)10-17-8-6-15(7-9-17)11-16-12-15/h2-5,16H,6-12H2,1H3,(H,18,19). The van der Waals surface area contributed by atoms with Crippen LogP contribution >= 0.6 is 7.37 Å². The lowest BCUT2D eigenvalue weighted by molar-refractivity contribution is 0.0520. The largest absolute Gasteiger partial charge is 0.341 e. The van der Waals surface area contributed by atoms with E-state index in [4.69, 9.17) is 0 Å². The van der Waals surface area contributed by atoms with Crippen LogP contribution in [0.15, 0.2) is 24.3 Å². The second kappa shape index (κ2) is 5.27. The number of piperidine rings is 1. The van der Waals surface area contributed by atoms with E-state index in [-0.39, 0.29) is 0 Å². The van der Waals surface area contributed by atoms with Gasteiger partial charge in [0.15, 0.2) is 0 Å². The molecular formula is C15H23N2O2P. The fraction of sp³-hybridized carbons (Fsp3) is 0.600. The molecule has 1 aromatic carbocycles. The lowest BCUT2D eigenvalue weighted by Gasteiger charge is -2.48. The minimum atomic E-state index is -3.11. The molecule has 2 aliphatic rings. The van der Waals surface area contributed by atoms with Crippen molar-refractivity contribution >= 4 is 12.7 Å². The summed E-state index contributed by atoms with van der Waals surface area (Å²) in [7, 11) is -3.11. The first-order valence-electron chi connectivity index (χ1n) is 7.30. The molecular weight excluding hydrogens is 271 g/mol. The number of hydrogen-bond donors (Lipinski definition) is 2. The molecule has 2 saturated heterocycles. The first kappa shape index (κ1) is 14.3. The highest BCUT2D eigenvalue weighted by Gasteiger charge is 2.39. The Balaban J connectivity index is 1.57. The van der Waals surface area contributed by atoms with Crippen LogP contribution in [0, 0.1) is 5.41 Å². The number of rotatable bonds is 3. The monoisotopic (exact) mass is 294 g/mol. The highest BCUT2D eigenvalue weighted by molar-refractivity contribution is 7.65. The van der Waals surface area contributed by atoms with Crippen LogP contribution in [0.25, 0.3) is 0 Å². The molecule has 20 heavy (non-hydrogen) atoms. The highest BCUT2D eigenvalue weighted by Crippen LogP contribution is 2.36. The zero-order valence-corrected chi connectivity index (χ0v) is 12.9. The predicted octanol–water partition coefficient (Wildman–Crippen LogP) is 1.40. The Kier molecular flexibility index (Phi) is 3.76. The van der Waals surface area contributed by atoms with Crippen molar-refractivity contribution in [3.05, 3.63) is 29.8 Å². The summed E-state index contributed by atoms with van der Waals surface area (Å²) >= 11 is 0. The number of likely N-dealkylation sites (tertiary alicyclic amines) is 1. The molecule has 0 bridgehead atoms. The second-order valence-corrected chi connectivity index (χ2v) is 8.70. The van der Waals surface area contributed by atoms with Crippen molar-refractivity contribution in [3.63, 3.8) is 0 Å². The van der Waals surface area contributed by atoms with Gasteiger partial charge in [0.25, 0.3) is 0 Å². The smallest absolute Gasteiger partial charge is 0.226 e. The molecule has 0 aromatic heterocycles. The highest BCUT2D eigenvalue weighted by atomic mass is 31.2. The van der Waals surface area contributed by atoms with Gasteiger partial charge in [0.1, 0.15) is 0 Å². The van der Waals surface area contributed by atoms with Gasteiger partial charge in [0.05, 0.1) is 0 Å². The molecule has 0 saturated carbocycles. The topological polar surface area (TPSA) is 52.6 Å². The minimum Gasteiger partial charge on any atom is -0.341 e. The van der Waals surface area contributed by atoms with E-state index in [1.165, 1.54) is 38.2 Å². The summed E-state index contributed by atoms with van der Waals surface area (Å²) in [6, 6.07) is 7.54. The minimum absolute atomic E-state index is 0.541. The van der Waals surface area contributed by atoms with Gasteiger partial charge in [-0.1, -0.05) is 12.1 Å². The summed E-state index contributed by atoms with van der Waals surface area (Å²) < 4.78 is 11.6. The third-order valence-corrected chi connectivity index (χ3v) is 5.99. The van der Waals surface area contributed by atoms with E-state index in [1.807, 2.05) is 12.1 Å². The average Bonchev–Trinajstić information content (AvgIpc) is 2.37. The van der Waals surface area contributed by atoms with E-state index in [0.29, 0.717) is 10.7 Å². The molecule has 2 heterocycles. The Morgan fingerprint density at radius 3 is 2.30 bits per heavy atom. The summed E-state index contributed by atoms with van der Waals surface area (Å²) in [5.74, 6) is 0. The Hall–Kier alpha value is -0.670.